The summed E-state index contributed by atoms with van der Waals surface area (Å²) in [6.07, 6.45) is 1.02. The van der Waals surface area contributed by atoms with Gasteiger partial charge in [-0.1, -0.05) is 12.2 Å². The van der Waals surface area contributed by atoms with Crippen LogP contribution in [0.3, 0.4) is 0 Å². The summed E-state index contributed by atoms with van der Waals surface area (Å²) in [5.74, 6) is -0.467. The maximum atomic E-state index is 10.5. The van der Waals surface area contributed by atoms with Crippen LogP contribution in [0.1, 0.15) is 6.92 Å². The van der Waals surface area contributed by atoms with E-state index in [1.165, 1.54) is 6.92 Å². The van der Waals surface area contributed by atoms with Crippen LogP contribution in [0.2, 0.25) is 0 Å². The van der Waals surface area contributed by atoms with Crippen LogP contribution in [0.15, 0.2) is 12.7 Å². The predicted octanol–water partition coefficient (Wildman–Crippen LogP) is -2.01. The van der Waals surface area contributed by atoms with E-state index in [2.05, 4.69) is 27.2 Å². The summed E-state index contributed by atoms with van der Waals surface area (Å²) < 4.78 is 29.3. The molecule has 0 aromatic heterocycles. The van der Waals surface area contributed by atoms with Crippen LogP contribution in [-0.2, 0) is 24.6 Å². The predicted molar refractivity (Wildman–Crippen MR) is 73.4 cm³/mol. The molecule has 0 spiro atoms. The van der Waals surface area contributed by atoms with E-state index < -0.39 is 21.3 Å². The van der Waals surface area contributed by atoms with Gasteiger partial charge in [-0.15, -0.1) is 0 Å². The molecule has 11 heteroatoms. The number of hydrogen-bond donors (Lipinski definition) is 5. The van der Waals surface area contributed by atoms with Crippen molar-refractivity contribution in [1.82, 2.24) is 11.0 Å². The van der Waals surface area contributed by atoms with E-state index in [0.717, 1.165) is 6.08 Å². The van der Waals surface area contributed by atoms with E-state index in [9.17, 15) is 13.2 Å². The summed E-state index contributed by atoms with van der Waals surface area (Å²) in [4.78, 5) is 19.4. The van der Waals surface area contributed by atoms with Crippen molar-refractivity contribution in [3.05, 3.63) is 12.7 Å². The van der Waals surface area contributed by atoms with Crippen LogP contribution in [0.4, 0.5) is 0 Å². The summed E-state index contributed by atoms with van der Waals surface area (Å²) in [7, 11) is -4.06. The van der Waals surface area contributed by atoms with Crippen molar-refractivity contribution in [2.24, 2.45) is 0 Å². The first-order valence-electron chi connectivity index (χ1n) is 5.86. The molecule has 21 heavy (non-hydrogen) atoms. The van der Waals surface area contributed by atoms with Crippen molar-refractivity contribution >= 4 is 16.0 Å². The van der Waals surface area contributed by atoms with Gasteiger partial charge < -0.3 is 15.5 Å². The molecular weight excluding hydrogens is 308 g/mol. The topological polar surface area (TPSA) is 154 Å². The van der Waals surface area contributed by atoms with Crippen LogP contribution in [0.25, 0.3) is 0 Å². The van der Waals surface area contributed by atoms with Crippen molar-refractivity contribution in [2.45, 2.75) is 12.2 Å². The first-order valence-corrected chi connectivity index (χ1v) is 7.36. The van der Waals surface area contributed by atoms with E-state index >= 15 is 0 Å². The van der Waals surface area contributed by atoms with Crippen LogP contribution in [0, 0.1) is 0 Å². The molecule has 5 N–H and O–H groups in total. The van der Waals surface area contributed by atoms with Gasteiger partial charge in [0.25, 0.3) is 10.1 Å². The van der Waals surface area contributed by atoms with E-state index in [1.807, 2.05) is 0 Å². The first-order chi connectivity index (χ1) is 9.79. The lowest BCUT2D eigenvalue weighted by atomic mass is 10.4. The molecule has 0 fully saturated rings. The number of aliphatic hydroxyl groups is 2. The lowest BCUT2D eigenvalue weighted by molar-refractivity contribution is -0.178. The van der Waals surface area contributed by atoms with E-state index in [-0.39, 0.29) is 33.0 Å². The van der Waals surface area contributed by atoms with Crippen LogP contribution < -0.4 is 11.0 Å². The van der Waals surface area contributed by atoms with E-state index in [4.69, 9.17) is 14.8 Å². The fourth-order valence-corrected chi connectivity index (χ4v) is 0.932. The molecule has 0 heterocycles. The molecule has 0 saturated heterocycles. The molecule has 0 bridgehead atoms. The number of carbonyl (C=O) groups is 1. The molecule has 1 atom stereocenters. The summed E-state index contributed by atoms with van der Waals surface area (Å²) in [5, 5.41) is 17.5. The highest BCUT2D eigenvalue weighted by Crippen LogP contribution is 1.94. The molecule has 0 aliphatic rings. The number of amides is 1. The molecule has 0 aliphatic carbocycles. The number of carbonyl (C=O) groups excluding carboxylic acids is 1. The summed E-state index contributed by atoms with van der Waals surface area (Å²) >= 11 is 0. The van der Waals surface area contributed by atoms with Gasteiger partial charge in [0.2, 0.25) is 5.91 Å². The van der Waals surface area contributed by atoms with Crippen LogP contribution in [0.5, 0.6) is 0 Å². The average Bonchev–Trinajstić information content (AvgIpc) is 2.44. The van der Waals surface area contributed by atoms with Gasteiger partial charge in [0.15, 0.2) is 0 Å². The molecule has 1 amide bonds. The number of aliphatic hydroxyl groups excluding tert-OH is 2. The first kappa shape index (κ1) is 22.2. The molecule has 0 saturated carbocycles. The number of hydrogen-bond acceptors (Lipinski definition) is 8. The smallest absolute Gasteiger partial charge is 0.269 e. The fourth-order valence-electron chi connectivity index (χ4n) is 0.638. The minimum absolute atomic E-state index is 0.0600. The minimum Gasteiger partial charge on any atom is -0.394 e. The van der Waals surface area contributed by atoms with Crippen molar-refractivity contribution in [3.63, 3.8) is 0 Å². The standard InChI is InChI=1S/C6H11NO4S.C4H11NO4/c1-3-6(8)7-4-5(2)12(9,10)11;6-1-3-8-5-9-4-2-7/h3,5H,1,4H2,2H3,(H,7,8)(H,9,10,11);5-7H,1-4H2. The van der Waals surface area contributed by atoms with E-state index in [1.54, 1.807) is 0 Å². The fraction of sp³-hybridized carbons (Fsp3) is 0.700. The van der Waals surface area contributed by atoms with Crippen molar-refractivity contribution < 1.29 is 37.7 Å². The van der Waals surface area contributed by atoms with Gasteiger partial charge in [-0.3, -0.25) is 19.0 Å². The zero-order valence-electron chi connectivity index (χ0n) is 11.7. The zero-order chi connectivity index (χ0) is 16.7. The second-order valence-electron chi connectivity index (χ2n) is 3.50. The Bertz CT molecular complexity index is 367. The average molecular weight is 330 g/mol. The van der Waals surface area contributed by atoms with Gasteiger partial charge in [-0.25, -0.2) is 0 Å². The Balaban J connectivity index is 0. The Morgan fingerprint density at radius 3 is 2.10 bits per heavy atom. The maximum absolute atomic E-state index is 10.5. The quantitative estimate of drug-likeness (QED) is 0.132. The Hall–Kier alpha value is -1.08. The van der Waals surface area contributed by atoms with Gasteiger partial charge in [0.05, 0.1) is 26.4 Å². The summed E-state index contributed by atoms with van der Waals surface area (Å²) in [6.45, 7) is 4.57. The second kappa shape index (κ2) is 13.9. The SMILES string of the molecule is C=CC(=O)NCC(C)S(=O)(=O)O.OCCONOCCO. The van der Waals surface area contributed by atoms with Crippen molar-refractivity contribution in [3.8, 4) is 0 Å². The normalized spacial score (nSPS) is 12.0. The van der Waals surface area contributed by atoms with Crippen LogP contribution >= 0.6 is 0 Å². The third-order valence-electron chi connectivity index (χ3n) is 1.76. The molecule has 0 aromatic carbocycles. The second-order valence-corrected chi connectivity index (χ2v) is 5.34. The van der Waals surface area contributed by atoms with Crippen LogP contribution in [-0.4, -0.2) is 67.3 Å². The van der Waals surface area contributed by atoms with Crippen molar-refractivity contribution in [2.75, 3.05) is 33.0 Å². The Morgan fingerprint density at radius 1 is 1.29 bits per heavy atom. The minimum atomic E-state index is -4.06. The number of rotatable bonds is 10. The highest BCUT2D eigenvalue weighted by atomic mass is 32.2. The van der Waals surface area contributed by atoms with Gasteiger partial charge in [0.1, 0.15) is 5.25 Å². The number of nitrogens with one attached hydrogen (secondary N) is 2. The summed E-state index contributed by atoms with van der Waals surface area (Å²) in [6, 6.07) is 0. The van der Waals surface area contributed by atoms with Gasteiger partial charge in [-0.2, -0.15) is 8.42 Å². The third kappa shape index (κ3) is 16.9. The molecule has 10 nitrogen and oxygen atoms in total. The lowest BCUT2D eigenvalue weighted by Gasteiger charge is -2.07. The summed E-state index contributed by atoms with van der Waals surface area (Å²) in [5.41, 5.74) is 2.07. The highest BCUT2D eigenvalue weighted by molar-refractivity contribution is 7.86. The maximum Gasteiger partial charge on any atom is 0.269 e. The molecule has 126 valence electrons. The van der Waals surface area contributed by atoms with Gasteiger partial charge >= 0.3 is 0 Å². The van der Waals surface area contributed by atoms with E-state index in [0.29, 0.717) is 0 Å². The monoisotopic (exact) mass is 330 g/mol. The lowest BCUT2D eigenvalue weighted by Crippen LogP contribution is -2.33. The van der Waals surface area contributed by atoms with Gasteiger partial charge in [-0.05, 0) is 13.0 Å². The molecule has 0 rings (SSSR count). The largest absolute Gasteiger partial charge is 0.394 e. The van der Waals surface area contributed by atoms with Crippen molar-refractivity contribution in [1.29, 1.82) is 0 Å². The molecule has 0 aliphatic heterocycles. The Kier molecular flexibility index (Phi) is 14.7. The Labute approximate surface area is 123 Å². The Morgan fingerprint density at radius 2 is 1.76 bits per heavy atom. The molecule has 0 aromatic rings. The zero-order valence-corrected chi connectivity index (χ0v) is 12.5. The van der Waals surface area contributed by atoms with Gasteiger partial charge in [0, 0.05) is 6.54 Å². The third-order valence-corrected chi connectivity index (χ3v) is 2.95. The highest BCUT2D eigenvalue weighted by Gasteiger charge is 2.16. The molecular formula is C10H22N2O8S. The molecule has 1 unspecified atom stereocenters. The molecule has 0 radical (unpaired) electrons.